The Morgan fingerprint density at radius 2 is 1.79 bits per heavy atom. The number of ether oxygens (including phenoxy) is 3. The van der Waals surface area contributed by atoms with Gasteiger partial charge in [0.05, 0.1) is 14.2 Å². The highest BCUT2D eigenvalue weighted by molar-refractivity contribution is 6.02. The Labute approximate surface area is 199 Å². The lowest BCUT2D eigenvalue weighted by Gasteiger charge is -2.18. The van der Waals surface area contributed by atoms with Crippen LogP contribution in [0.15, 0.2) is 54.1 Å². The normalized spacial score (nSPS) is 12.9. The number of cyclic esters (lactones) is 1. The molecule has 3 aromatic rings. The number of fused-ring (bicyclic) bond motifs is 2. The summed E-state index contributed by atoms with van der Waals surface area (Å²) in [5, 5.41) is 5.15. The molecule has 0 aliphatic carbocycles. The molecule has 0 spiro atoms. The zero-order valence-corrected chi connectivity index (χ0v) is 20.0. The topological polar surface area (TPSA) is 73.9 Å². The van der Waals surface area contributed by atoms with Gasteiger partial charge in [0.25, 0.3) is 0 Å². The van der Waals surface area contributed by atoms with E-state index in [9.17, 15) is 9.59 Å². The van der Waals surface area contributed by atoms with E-state index in [2.05, 4.69) is 11.4 Å². The number of esters is 1. The number of rotatable bonds is 8. The monoisotopic (exact) mass is 459 g/mol. The van der Waals surface area contributed by atoms with Crippen LogP contribution < -0.4 is 14.8 Å². The third-order valence-corrected chi connectivity index (χ3v) is 6.30. The molecule has 0 unspecified atom stereocenters. The molecule has 1 heterocycles. The van der Waals surface area contributed by atoms with Crippen LogP contribution in [0.25, 0.3) is 10.8 Å². The van der Waals surface area contributed by atoms with E-state index in [0.717, 1.165) is 38.7 Å². The molecule has 3 aromatic carbocycles. The van der Waals surface area contributed by atoms with Crippen LogP contribution in [0.3, 0.4) is 0 Å². The maximum Gasteiger partial charge on any atom is 0.342 e. The van der Waals surface area contributed by atoms with Crippen molar-refractivity contribution in [3.63, 3.8) is 0 Å². The van der Waals surface area contributed by atoms with Crippen LogP contribution in [0.5, 0.6) is 11.5 Å². The van der Waals surface area contributed by atoms with E-state index in [1.54, 1.807) is 14.2 Å². The minimum atomic E-state index is -0.371. The van der Waals surface area contributed by atoms with Gasteiger partial charge in [0, 0.05) is 28.6 Å². The molecule has 176 valence electrons. The highest BCUT2D eigenvalue weighted by Crippen LogP contribution is 2.42. The van der Waals surface area contributed by atoms with E-state index in [1.165, 1.54) is 0 Å². The molecule has 0 atom stereocenters. The fourth-order valence-corrected chi connectivity index (χ4v) is 4.47. The average molecular weight is 460 g/mol. The van der Waals surface area contributed by atoms with Crippen molar-refractivity contribution in [2.45, 2.75) is 39.7 Å². The summed E-state index contributed by atoms with van der Waals surface area (Å²) in [6, 6.07) is 13.9. The molecule has 1 N–H and O–H groups in total. The van der Waals surface area contributed by atoms with Gasteiger partial charge in [-0.15, -0.1) is 0 Å². The Balaban J connectivity index is 1.47. The minimum absolute atomic E-state index is 0.0321. The van der Waals surface area contributed by atoms with Gasteiger partial charge in [-0.2, -0.15) is 0 Å². The smallest absolute Gasteiger partial charge is 0.342 e. The lowest BCUT2D eigenvalue weighted by molar-refractivity contribution is -0.116. The summed E-state index contributed by atoms with van der Waals surface area (Å²) in [6.07, 6.45) is 3.56. The van der Waals surface area contributed by atoms with Gasteiger partial charge >= 0.3 is 5.97 Å². The zero-order valence-electron chi connectivity index (χ0n) is 20.0. The summed E-state index contributed by atoms with van der Waals surface area (Å²) < 4.78 is 16.5. The van der Waals surface area contributed by atoms with Gasteiger partial charge in [0.1, 0.15) is 23.7 Å². The van der Waals surface area contributed by atoms with Crippen LogP contribution in [-0.2, 0) is 22.6 Å². The summed E-state index contributed by atoms with van der Waals surface area (Å²) in [6.45, 7) is 4.16. The van der Waals surface area contributed by atoms with Crippen LogP contribution >= 0.6 is 0 Å². The number of carbonyl (C=O) groups is 2. The second-order valence-electron chi connectivity index (χ2n) is 8.43. The fraction of sp³-hybridized carbons (Fsp3) is 0.286. The molecule has 0 saturated carbocycles. The highest BCUT2D eigenvalue weighted by Gasteiger charge is 2.32. The van der Waals surface area contributed by atoms with Crippen LogP contribution in [0, 0.1) is 6.92 Å². The molecule has 0 fully saturated rings. The number of allylic oxidation sites excluding steroid dienone is 2. The fourth-order valence-electron chi connectivity index (χ4n) is 4.47. The first kappa shape index (κ1) is 23.4. The Bertz CT molecular complexity index is 1290. The average Bonchev–Trinajstić information content (AvgIpc) is 3.23. The van der Waals surface area contributed by atoms with Crippen molar-refractivity contribution in [3.8, 4) is 11.5 Å². The molecule has 6 heteroatoms. The van der Waals surface area contributed by atoms with Gasteiger partial charge in [-0.1, -0.05) is 48.0 Å². The summed E-state index contributed by atoms with van der Waals surface area (Å²) >= 11 is 0. The predicted octanol–water partition coefficient (Wildman–Crippen LogP) is 5.74. The van der Waals surface area contributed by atoms with Crippen molar-refractivity contribution in [1.29, 1.82) is 0 Å². The third-order valence-electron chi connectivity index (χ3n) is 6.30. The standard InChI is InChI=1S/C28H29NO5/c1-17(13-15-24(30)29-23-11-7-9-19-8-5-6-10-20(19)23)12-14-21-26(32-3)18(2)22-16-34-28(31)25(22)27(21)33-4/h5-12H,13-16H2,1-4H3,(H,29,30). The van der Waals surface area contributed by atoms with Crippen molar-refractivity contribution in [2.75, 3.05) is 19.5 Å². The summed E-state index contributed by atoms with van der Waals surface area (Å²) in [4.78, 5) is 24.9. The van der Waals surface area contributed by atoms with Crippen molar-refractivity contribution in [3.05, 3.63) is 76.4 Å². The number of amides is 1. The van der Waals surface area contributed by atoms with E-state index in [4.69, 9.17) is 14.2 Å². The largest absolute Gasteiger partial charge is 0.496 e. The number of carbonyl (C=O) groups excluding carboxylic acids is 2. The second kappa shape index (κ2) is 10.00. The number of nitrogens with one attached hydrogen (secondary N) is 1. The Kier molecular flexibility index (Phi) is 6.87. The molecule has 4 rings (SSSR count). The first-order valence-corrected chi connectivity index (χ1v) is 11.3. The van der Waals surface area contributed by atoms with Gasteiger partial charge in [-0.3, -0.25) is 4.79 Å². The van der Waals surface area contributed by atoms with E-state index >= 15 is 0 Å². The van der Waals surface area contributed by atoms with Crippen molar-refractivity contribution >= 4 is 28.3 Å². The SMILES string of the molecule is COc1c(C)c2c(c(OC)c1CC=C(C)CCC(=O)Nc1cccc3ccccc13)C(=O)OC2. The summed E-state index contributed by atoms with van der Waals surface area (Å²) in [5.74, 6) is 0.796. The third kappa shape index (κ3) is 4.49. The van der Waals surface area contributed by atoms with Crippen LogP contribution in [0.4, 0.5) is 5.69 Å². The predicted molar refractivity (Wildman–Crippen MR) is 133 cm³/mol. The number of methoxy groups -OCH3 is 2. The molecule has 1 aliphatic heterocycles. The van der Waals surface area contributed by atoms with Crippen LogP contribution in [-0.4, -0.2) is 26.1 Å². The van der Waals surface area contributed by atoms with Crippen molar-refractivity contribution in [2.24, 2.45) is 0 Å². The first-order valence-electron chi connectivity index (χ1n) is 11.3. The van der Waals surface area contributed by atoms with Crippen LogP contribution in [0.2, 0.25) is 0 Å². The van der Waals surface area contributed by atoms with E-state index < -0.39 is 0 Å². The maximum atomic E-state index is 12.6. The quantitative estimate of drug-likeness (QED) is 0.343. The maximum absolute atomic E-state index is 12.6. The number of hydrogen-bond acceptors (Lipinski definition) is 5. The van der Waals surface area contributed by atoms with Crippen molar-refractivity contribution < 1.29 is 23.8 Å². The number of benzene rings is 3. The number of hydrogen-bond donors (Lipinski definition) is 1. The molecule has 0 aromatic heterocycles. The Hall–Kier alpha value is -3.80. The lowest BCUT2D eigenvalue weighted by atomic mass is 9.94. The van der Waals surface area contributed by atoms with E-state index in [0.29, 0.717) is 36.3 Å². The second-order valence-corrected chi connectivity index (χ2v) is 8.43. The molecule has 6 nitrogen and oxygen atoms in total. The van der Waals surface area contributed by atoms with Crippen molar-refractivity contribution in [1.82, 2.24) is 0 Å². The molecule has 1 aliphatic rings. The lowest BCUT2D eigenvalue weighted by Crippen LogP contribution is -2.11. The molecular formula is C28H29NO5. The van der Waals surface area contributed by atoms with E-state index in [1.807, 2.05) is 56.3 Å². The van der Waals surface area contributed by atoms with Gasteiger partial charge in [-0.25, -0.2) is 4.79 Å². The molecule has 34 heavy (non-hydrogen) atoms. The first-order chi connectivity index (χ1) is 16.4. The molecule has 1 amide bonds. The number of anilines is 1. The van der Waals surface area contributed by atoms with Crippen LogP contribution in [0.1, 0.15) is 46.8 Å². The zero-order chi connectivity index (χ0) is 24.2. The van der Waals surface area contributed by atoms with Gasteiger partial charge in [0.2, 0.25) is 5.91 Å². The molecular weight excluding hydrogens is 430 g/mol. The van der Waals surface area contributed by atoms with Gasteiger partial charge in [0.15, 0.2) is 0 Å². The Morgan fingerprint density at radius 3 is 2.56 bits per heavy atom. The molecule has 0 saturated heterocycles. The Morgan fingerprint density at radius 1 is 1.06 bits per heavy atom. The molecule has 0 bridgehead atoms. The highest BCUT2D eigenvalue weighted by atomic mass is 16.5. The summed E-state index contributed by atoms with van der Waals surface area (Å²) in [5.41, 5.74) is 4.88. The van der Waals surface area contributed by atoms with Gasteiger partial charge in [-0.05, 0) is 43.7 Å². The van der Waals surface area contributed by atoms with E-state index in [-0.39, 0.29) is 18.5 Å². The minimum Gasteiger partial charge on any atom is -0.496 e. The summed E-state index contributed by atoms with van der Waals surface area (Å²) in [7, 11) is 3.16. The molecule has 0 radical (unpaired) electrons. The van der Waals surface area contributed by atoms with Gasteiger partial charge < -0.3 is 19.5 Å².